The number of methoxy groups -OCH3 is 1. The van der Waals surface area contributed by atoms with Gasteiger partial charge in [-0.2, -0.15) is 13.2 Å². The molecular formula is C17H16F3N5O2. The van der Waals surface area contributed by atoms with Crippen LogP contribution in [0.1, 0.15) is 5.82 Å². The third-order valence-electron chi connectivity index (χ3n) is 3.71. The molecule has 2 aromatic heterocycles. The van der Waals surface area contributed by atoms with Crippen molar-refractivity contribution in [3.8, 4) is 5.75 Å². The lowest BCUT2D eigenvalue weighted by Gasteiger charge is -2.12. The number of nitrogens with zero attached hydrogens (tertiary/aromatic N) is 3. The van der Waals surface area contributed by atoms with Crippen LogP contribution >= 0.6 is 0 Å². The lowest BCUT2D eigenvalue weighted by molar-refractivity contribution is -0.146. The zero-order valence-corrected chi connectivity index (χ0v) is 14.2. The Morgan fingerprint density at radius 1 is 1.26 bits per heavy atom. The quantitative estimate of drug-likeness (QED) is 0.713. The highest BCUT2D eigenvalue weighted by Crippen LogP contribution is 2.30. The number of pyridine rings is 1. The van der Waals surface area contributed by atoms with Gasteiger partial charge in [-0.1, -0.05) is 6.07 Å². The number of fused-ring (bicyclic) bond motifs is 1. The van der Waals surface area contributed by atoms with Crippen molar-refractivity contribution in [2.75, 3.05) is 19.0 Å². The maximum atomic E-state index is 13.2. The molecule has 2 amide bonds. The van der Waals surface area contributed by atoms with Crippen LogP contribution in [0.5, 0.6) is 5.75 Å². The third kappa shape index (κ3) is 4.27. The smallest absolute Gasteiger partial charge is 0.449 e. The molecule has 3 aromatic rings. The van der Waals surface area contributed by atoms with Crippen molar-refractivity contribution in [1.29, 1.82) is 0 Å². The van der Waals surface area contributed by atoms with Crippen LogP contribution in [-0.4, -0.2) is 34.2 Å². The molecule has 142 valence electrons. The minimum absolute atomic E-state index is 0.0408. The van der Waals surface area contributed by atoms with Gasteiger partial charge in [0.1, 0.15) is 11.3 Å². The van der Waals surface area contributed by atoms with E-state index < -0.39 is 18.0 Å². The van der Waals surface area contributed by atoms with Crippen molar-refractivity contribution in [2.45, 2.75) is 12.7 Å². The van der Waals surface area contributed by atoms with E-state index in [-0.39, 0.29) is 24.3 Å². The zero-order valence-electron chi connectivity index (χ0n) is 14.2. The average molecular weight is 379 g/mol. The number of imidazole rings is 1. The van der Waals surface area contributed by atoms with E-state index in [1.165, 1.54) is 25.4 Å². The lowest BCUT2D eigenvalue weighted by Crippen LogP contribution is -2.32. The van der Waals surface area contributed by atoms with Crippen molar-refractivity contribution in [3.63, 3.8) is 0 Å². The standard InChI is InChI=1S/C17H16F3N5O2/c1-27-12-5-2-4-11(10-12)23-16(26)22-8-9-25-14-13(6-3-7-21-14)24-15(25)17(18,19)20/h2-7,10H,8-9H2,1H3,(H2,22,23,26). The zero-order chi connectivity index (χ0) is 19.4. The molecule has 0 radical (unpaired) electrons. The number of hydrogen-bond donors (Lipinski definition) is 2. The number of halogens is 3. The molecule has 2 heterocycles. The molecule has 0 saturated carbocycles. The van der Waals surface area contributed by atoms with Crippen molar-refractivity contribution in [1.82, 2.24) is 19.9 Å². The number of benzene rings is 1. The topological polar surface area (TPSA) is 81.1 Å². The Balaban J connectivity index is 1.67. The first-order chi connectivity index (χ1) is 12.9. The summed E-state index contributed by atoms with van der Waals surface area (Å²) in [6.07, 6.45) is -3.23. The maximum absolute atomic E-state index is 13.2. The fourth-order valence-corrected chi connectivity index (χ4v) is 2.54. The normalized spacial score (nSPS) is 11.4. The molecule has 0 unspecified atom stereocenters. The molecule has 0 saturated heterocycles. The Hall–Kier alpha value is -3.30. The van der Waals surface area contributed by atoms with Crippen LogP contribution in [0.2, 0.25) is 0 Å². The van der Waals surface area contributed by atoms with Crippen LogP contribution in [0.15, 0.2) is 42.6 Å². The molecule has 0 fully saturated rings. The van der Waals surface area contributed by atoms with Gasteiger partial charge in [0.15, 0.2) is 5.65 Å². The number of amides is 2. The summed E-state index contributed by atoms with van der Waals surface area (Å²) in [5.41, 5.74) is 0.753. The highest BCUT2D eigenvalue weighted by atomic mass is 19.4. The summed E-state index contributed by atoms with van der Waals surface area (Å²) in [4.78, 5) is 19.5. The number of alkyl halides is 3. The van der Waals surface area contributed by atoms with Gasteiger partial charge in [0, 0.05) is 31.0 Å². The summed E-state index contributed by atoms with van der Waals surface area (Å²) in [6.45, 7) is -0.172. The average Bonchev–Trinajstić information content (AvgIpc) is 3.01. The Kier molecular flexibility index (Phi) is 5.15. The van der Waals surface area contributed by atoms with E-state index in [2.05, 4.69) is 20.6 Å². The van der Waals surface area contributed by atoms with Gasteiger partial charge in [-0.15, -0.1) is 0 Å². The van der Waals surface area contributed by atoms with Gasteiger partial charge < -0.3 is 19.9 Å². The summed E-state index contributed by atoms with van der Waals surface area (Å²) >= 11 is 0. The lowest BCUT2D eigenvalue weighted by atomic mass is 10.3. The molecule has 7 nitrogen and oxygen atoms in total. The number of ether oxygens (including phenoxy) is 1. The van der Waals surface area contributed by atoms with E-state index in [1.807, 2.05) is 0 Å². The molecule has 0 aliphatic carbocycles. The minimum Gasteiger partial charge on any atom is -0.497 e. The van der Waals surface area contributed by atoms with Crippen molar-refractivity contribution < 1.29 is 22.7 Å². The van der Waals surface area contributed by atoms with E-state index in [9.17, 15) is 18.0 Å². The van der Waals surface area contributed by atoms with Gasteiger partial charge in [0.05, 0.1) is 7.11 Å². The highest BCUT2D eigenvalue weighted by Gasteiger charge is 2.37. The minimum atomic E-state index is -4.62. The number of rotatable bonds is 5. The van der Waals surface area contributed by atoms with Crippen molar-refractivity contribution in [3.05, 3.63) is 48.4 Å². The summed E-state index contributed by atoms with van der Waals surface area (Å²) in [6, 6.07) is 9.13. The summed E-state index contributed by atoms with van der Waals surface area (Å²) in [7, 11) is 1.50. The monoisotopic (exact) mass is 379 g/mol. The Labute approximate surface area is 152 Å². The largest absolute Gasteiger partial charge is 0.497 e. The molecule has 3 rings (SSSR count). The van der Waals surface area contributed by atoms with Crippen molar-refractivity contribution in [2.24, 2.45) is 0 Å². The number of carbonyl (C=O) groups is 1. The molecule has 27 heavy (non-hydrogen) atoms. The van der Waals surface area contributed by atoms with Gasteiger partial charge in [-0.05, 0) is 24.3 Å². The van der Waals surface area contributed by atoms with Crippen LogP contribution in [0.3, 0.4) is 0 Å². The number of hydrogen-bond acceptors (Lipinski definition) is 4. The van der Waals surface area contributed by atoms with Crippen molar-refractivity contribution >= 4 is 22.9 Å². The van der Waals surface area contributed by atoms with E-state index in [0.717, 1.165) is 4.57 Å². The molecule has 10 heteroatoms. The van der Waals surface area contributed by atoms with Crippen LogP contribution in [0.25, 0.3) is 11.2 Å². The second-order valence-corrected chi connectivity index (χ2v) is 5.54. The number of aromatic nitrogens is 3. The first-order valence-corrected chi connectivity index (χ1v) is 7.96. The van der Waals surface area contributed by atoms with Gasteiger partial charge in [0.2, 0.25) is 5.82 Å². The molecule has 0 bridgehead atoms. The number of carbonyl (C=O) groups excluding carboxylic acids is 1. The third-order valence-corrected chi connectivity index (χ3v) is 3.71. The van der Waals surface area contributed by atoms with Crippen LogP contribution in [0.4, 0.5) is 23.7 Å². The van der Waals surface area contributed by atoms with Gasteiger partial charge in [0.25, 0.3) is 0 Å². The fourth-order valence-electron chi connectivity index (χ4n) is 2.54. The van der Waals surface area contributed by atoms with Gasteiger partial charge in [-0.25, -0.2) is 14.8 Å². The number of nitrogens with one attached hydrogen (secondary N) is 2. The summed E-state index contributed by atoms with van der Waals surface area (Å²) in [5.74, 6) is -0.482. The molecule has 0 aliphatic heterocycles. The number of urea groups is 1. The fraction of sp³-hybridized carbons (Fsp3) is 0.235. The summed E-state index contributed by atoms with van der Waals surface area (Å²) < 4.78 is 45.6. The Morgan fingerprint density at radius 3 is 2.81 bits per heavy atom. The maximum Gasteiger partial charge on any atom is 0.449 e. The summed E-state index contributed by atoms with van der Waals surface area (Å²) in [5, 5.41) is 5.10. The van der Waals surface area contributed by atoms with E-state index in [4.69, 9.17) is 4.74 Å². The predicted octanol–water partition coefficient (Wildman–Crippen LogP) is 3.28. The van der Waals surface area contributed by atoms with E-state index in [1.54, 1.807) is 24.3 Å². The molecule has 2 N–H and O–H groups in total. The molecule has 0 atom stereocenters. The first kappa shape index (κ1) is 18.5. The van der Waals surface area contributed by atoms with Gasteiger partial charge in [-0.3, -0.25) is 0 Å². The van der Waals surface area contributed by atoms with Gasteiger partial charge >= 0.3 is 12.2 Å². The van der Waals surface area contributed by atoms with Crippen LogP contribution < -0.4 is 15.4 Å². The molecular weight excluding hydrogens is 363 g/mol. The van der Waals surface area contributed by atoms with E-state index >= 15 is 0 Å². The molecule has 0 spiro atoms. The van der Waals surface area contributed by atoms with Crippen LogP contribution in [-0.2, 0) is 12.7 Å². The second-order valence-electron chi connectivity index (χ2n) is 5.54. The Bertz CT molecular complexity index is 955. The first-order valence-electron chi connectivity index (χ1n) is 7.96. The Morgan fingerprint density at radius 2 is 2.07 bits per heavy atom. The second kappa shape index (κ2) is 7.52. The molecule has 1 aromatic carbocycles. The highest BCUT2D eigenvalue weighted by molar-refractivity contribution is 5.89. The SMILES string of the molecule is COc1cccc(NC(=O)NCCn2c(C(F)(F)F)nc3cccnc32)c1. The van der Waals surface area contributed by atoms with Crippen LogP contribution in [0, 0.1) is 0 Å². The number of anilines is 1. The van der Waals surface area contributed by atoms with E-state index in [0.29, 0.717) is 11.4 Å². The predicted molar refractivity (Wildman–Crippen MR) is 92.5 cm³/mol. The molecule has 0 aliphatic rings.